The van der Waals surface area contributed by atoms with Crippen molar-refractivity contribution in [3.05, 3.63) is 29.5 Å². The van der Waals surface area contributed by atoms with E-state index in [1.807, 2.05) is 0 Å². The molecule has 7 nitrogen and oxygen atoms in total. The van der Waals surface area contributed by atoms with E-state index in [2.05, 4.69) is 10.1 Å². The number of nitrogens with zero attached hydrogens (tertiary/aromatic N) is 2. The highest BCUT2D eigenvalue weighted by Gasteiger charge is 2.39. The molecule has 3 rings (SSSR count). The summed E-state index contributed by atoms with van der Waals surface area (Å²) in [6.45, 7) is 3.44. The lowest BCUT2D eigenvalue weighted by atomic mass is 10.1. The Hall–Kier alpha value is -1.68. The van der Waals surface area contributed by atoms with Crippen molar-refractivity contribution in [2.24, 2.45) is 0 Å². The molecule has 1 fully saturated rings. The van der Waals surface area contributed by atoms with Crippen LogP contribution in [0.15, 0.2) is 16.7 Å². The Labute approximate surface area is 141 Å². The molecule has 130 valence electrons. The van der Waals surface area contributed by atoms with Gasteiger partial charge in [0.15, 0.2) is 11.2 Å². The van der Waals surface area contributed by atoms with E-state index in [0.717, 1.165) is 11.8 Å². The highest BCUT2D eigenvalue weighted by molar-refractivity contribution is 7.99. The molecule has 3 N–H and O–H groups in total. The summed E-state index contributed by atoms with van der Waals surface area (Å²) in [6, 6.07) is 2.96. The summed E-state index contributed by atoms with van der Waals surface area (Å²) < 4.78 is 24.7. The van der Waals surface area contributed by atoms with Crippen LogP contribution in [-0.2, 0) is 0 Å². The van der Waals surface area contributed by atoms with Gasteiger partial charge in [0, 0.05) is 5.75 Å². The molecule has 1 aliphatic heterocycles. The van der Waals surface area contributed by atoms with Crippen molar-refractivity contribution < 1.29 is 29.0 Å². The van der Waals surface area contributed by atoms with E-state index in [4.69, 9.17) is 9.26 Å². The first-order chi connectivity index (χ1) is 11.4. The molecule has 0 aliphatic carbocycles. The summed E-state index contributed by atoms with van der Waals surface area (Å²) >= 11 is 1.09. The van der Waals surface area contributed by atoms with Crippen molar-refractivity contribution in [3.63, 3.8) is 0 Å². The summed E-state index contributed by atoms with van der Waals surface area (Å²) in [5.74, 6) is -0.287. The number of ether oxygens (including phenoxy) is 1. The van der Waals surface area contributed by atoms with E-state index in [1.165, 1.54) is 6.07 Å². The number of hydrogen-bond donors (Lipinski definition) is 3. The van der Waals surface area contributed by atoms with Gasteiger partial charge in [0.1, 0.15) is 18.0 Å². The van der Waals surface area contributed by atoms with Crippen molar-refractivity contribution in [1.29, 1.82) is 0 Å². The fourth-order valence-corrected chi connectivity index (χ4v) is 3.62. The maximum atomic E-state index is 14.3. The Bertz CT molecular complexity index is 721. The summed E-state index contributed by atoms with van der Waals surface area (Å²) in [4.78, 5) is 3.87. The second kappa shape index (κ2) is 6.67. The number of rotatable bonds is 3. The molecule has 4 atom stereocenters. The third-order valence-electron chi connectivity index (χ3n) is 3.80. The van der Waals surface area contributed by atoms with E-state index in [9.17, 15) is 19.7 Å². The second-order valence-electron chi connectivity index (χ2n) is 5.55. The van der Waals surface area contributed by atoms with E-state index >= 15 is 0 Å². The fraction of sp³-hybridized carbons (Fsp3) is 0.467. The molecule has 1 aliphatic rings. The molecule has 2 aromatic heterocycles. The molecule has 0 spiro atoms. The molecule has 0 saturated carbocycles. The number of pyridine rings is 1. The van der Waals surface area contributed by atoms with E-state index in [-0.39, 0.29) is 11.5 Å². The molecule has 9 heteroatoms. The molecular formula is C15H17FN2O5S. The fourth-order valence-electron chi connectivity index (χ4n) is 2.51. The monoisotopic (exact) mass is 356 g/mol. The zero-order chi connectivity index (χ0) is 17.4. The van der Waals surface area contributed by atoms with Crippen LogP contribution in [-0.4, -0.2) is 55.0 Å². The molecule has 1 saturated heterocycles. The highest BCUT2D eigenvalue weighted by atomic mass is 32.2. The zero-order valence-electron chi connectivity index (χ0n) is 13.0. The van der Waals surface area contributed by atoms with Crippen molar-refractivity contribution in [2.75, 3.05) is 5.75 Å². The average molecular weight is 356 g/mol. The predicted octanol–water partition coefficient (Wildman–Crippen LogP) is 1.03. The first-order valence-corrected chi connectivity index (χ1v) is 8.35. The largest absolute Gasteiger partial charge is 0.472 e. The molecular weight excluding hydrogens is 339 g/mol. The summed E-state index contributed by atoms with van der Waals surface area (Å²) in [7, 11) is 0. The van der Waals surface area contributed by atoms with Gasteiger partial charge in [0.05, 0.1) is 23.1 Å². The maximum Gasteiger partial charge on any atom is 0.255 e. The minimum atomic E-state index is -1.34. The Balaban J connectivity index is 1.81. The van der Waals surface area contributed by atoms with Crippen LogP contribution >= 0.6 is 11.8 Å². The Morgan fingerprint density at radius 3 is 2.62 bits per heavy atom. The Kier molecular flexibility index (Phi) is 4.77. The van der Waals surface area contributed by atoms with Gasteiger partial charge in [-0.15, -0.1) is 11.8 Å². The summed E-state index contributed by atoms with van der Waals surface area (Å²) in [5.41, 5.74) is 0.683. The van der Waals surface area contributed by atoms with E-state index < -0.39 is 29.7 Å². The smallest absolute Gasteiger partial charge is 0.255 e. The van der Waals surface area contributed by atoms with Gasteiger partial charge >= 0.3 is 0 Å². The van der Waals surface area contributed by atoms with Gasteiger partial charge in [0.2, 0.25) is 0 Å². The van der Waals surface area contributed by atoms with Gasteiger partial charge in [-0.2, -0.15) is 4.39 Å². The van der Waals surface area contributed by atoms with Crippen LogP contribution in [0.25, 0.3) is 11.3 Å². The summed E-state index contributed by atoms with van der Waals surface area (Å²) in [6.07, 6.45) is -3.72. The highest BCUT2D eigenvalue weighted by Crippen LogP contribution is 2.32. The topological polar surface area (TPSA) is 109 Å². The van der Waals surface area contributed by atoms with Gasteiger partial charge in [-0.1, -0.05) is 5.16 Å². The van der Waals surface area contributed by atoms with Crippen LogP contribution in [0.2, 0.25) is 0 Å². The molecule has 2 aromatic rings. The second-order valence-corrected chi connectivity index (χ2v) is 6.68. The molecule has 0 radical (unpaired) electrons. The van der Waals surface area contributed by atoms with Crippen molar-refractivity contribution in [3.8, 4) is 17.0 Å². The SMILES string of the molecule is Cc1noc(C)c1-c1ccc(O[C@@H]2SC[C@@H](O)[C@H](O)[C@H]2O)c(F)n1. The molecule has 0 bridgehead atoms. The summed E-state index contributed by atoms with van der Waals surface area (Å²) in [5, 5.41) is 32.9. The van der Waals surface area contributed by atoms with Crippen molar-refractivity contribution in [1.82, 2.24) is 10.1 Å². The van der Waals surface area contributed by atoms with Crippen LogP contribution in [0, 0.1) is 19.8 Å². The molecule has 0 amide bonds. The van der Waals surface area contributed by atoms with Crippen molar-refractivity contribution >= 4 is 11.8 Å². The molecule has 0 unspecified atom stereocenters. The number of aliphatic hydroxyl groups excluding tert-OH is 3. The minimum absolute atomic E-state index is 0.148. The maximum absolute atomic E-state index is 14.3. The van der Waals surface area contributed by atoms with E-state index in [0.29, 0.717) is 22.7 Å². The van der Waals surface area contributed by atoms with Gasteiger partial charge in [-0.05, 0) is 26.0 Å². The average Bonchev–Trinajstić information content (AvgIpc) is 2.88. The van der Waals surface area contributed by atoms with Crippen molar-refractivity contribution in [2.45, 2.75) is 37.6 Å². The van der Waals surface area contributed by atoms with Crippen LogP contribution in [0.3, 0.4) is 0 Å². The molecule has 0 aromatic carbocycles. The number of aromatic nitrogens is 2. The lowest BCUT2D eigenvalue weighted by Gasteiger charge is -2.34. The number of hydrogen-bond acceptors (Lipinski definition) is 8. The van der Waals surface area contributed by atoms with Crippen LogP contribution in [0.5, 0.6) is 5.75 Å². The third kappa shape index (κ3) is 3.12. The van der Waals surface area contributed by atoms with Crippen LogP contribution in [0.4, 0.5) is 4.39 Å². The minimum Gasteiger partial charge on any atom is -0.472 e. The number of halogens is 1. The zero-order valence-corrected chi connectivity index (χ0v) is 13.8. The number of thioether (sulfide) groups is 1. The Morgan fingerprint density at radius 2 is 2.00 bits per heavy atom. The quantitative estimate of drug-likeness (QED) is 0.700. The number of aliphatic hydroxyl groups is 3. The van der Waals surface area contributed by atoms with Crippen LogP contribution in [0.1, 0.15) is 11.5 Å². The third-order valence-corrected chi connectivity index (χ3v) is 5.04. The first kappa shape index (κ1) is 17.2. The Morgan fingerprint density at radius 1 is 1.25 bits per heavy atom. The van der Waals surface area contributed by atoms with Gasteiger partial charge in [-0.25, -0.2) is 4.98 Å². The van der Waals surface area contributed by atoms with Crippen LogP contribution < -0.4 is 4.74 Å². The van der Waals surface area contributed by atoms with E-state index in [1.54, 1.807) is 19.9 Å². The number of aryl methyl sites for hydroxylation is 2. The molecule has 3 heterocycles. The standard InChI is InChI=1S/C15H17FN2O5S/c1-6-11(7(2)23-18-6)8-3-4-10(14(16)17-8)22-15-13(21)12(20)9(19)5-24-15/h3-4,9,12-13,15,19-21H,5H2,1-2H3/t9-,12+,13-,15-/m1/s1. The normalized spacial score (nSPS) is 27.2. The molecule has 24 heavy (non-hydrogen) atoms. The van der Waals surface area contributed by atoms with Gasteiger partial charge in [-0.3, -0.25) is 0 Å². The lowest BCUT2D eigenvalue weighted by molar-refractivity contribution is -0.0790. The van der Waals surface area contributed by atoms with Gasteiger partial charge in [0.25, 0.3) is 5.95 Å². The van der Waals surface area contributed by atoms with Gasteiger partial charge < -0.3 is 24.6 Å². The lowest BCUT2D eigenvalue weighted by Crippen LogP contribution is -2.50. The predicted molar refractivity (Wildman–Crippen MR) is 84.1 cm³/mol. The first-order valence-electron chi connectivity index (χ1n) is 7.30.